The molecule has 1 aliphatic heterocycles. The minimum absolute atomic E-state index is 0.359. The van der Waals surface area contributed by atoms with Crippen molar-refractivity contribution in [2.75, 3.05) is 18.8 Å². The van der Waals surface area contributed by atoms with Gasteiger partial charge in [0.25, 0.3) is 0 Å². The van der Waals surface area contributed by atoms with Gasteiger partial charge in [-0.15, -0.1) is 11.8 Å². The molecule has 0 spiro atoms. The Morgan fingerprint density at radius 1 is 1.39 bits per heavy atom. The average Bonchev–Trinajstić information content (AvgIpc) is 3.08. The highest BCUT2D eigenvalue weighted by Crippen LogP contribution is 2.36. The lowest BCUT2D eigenvalue weighted by Gasteiger charge is -2.20. The molecule has 0 N–H and O–H groups in total. The van der Waals surface area contributed by atoms with Crippen LogP contribution in [0.2, 0.25) is 0 Å². The summed E-state index contributed by atoms with van der Waals surface area (Å²) in [5, 5.41) is 0.415. The molecule has 3 rings (SSSR count). The Kier molecular flexibility index (Phi) is 3.64. The zero-order valence-electron chi connectivity index (χ0n) is 10.5. The van der Waals surface area contributed by atoms with E-state index in [4.69, 9.17) is 4.42 Å². The van der Waals surface area contributed by atoms with Gasteiger partial charge in [0.15, 0.2) is 0 Å². The smallest absolute Gasteiger partial charge is 0.222 e. The van der Waals surface area contributed by atoms with Gasteiger partial charge in [0.2, 0.25) is 5.91 Å². The van der Waals surface area contributed by atoms with E-state index in [0.29, 0.717) is 17.1 Å². The highest BCUT2D eigenvalue weighted by atomic mass is 32.2. The molecule has 1 amide bonds. The summed E-state index contributed by atoms with van der Waals surface area (Å²) in [6.07, 6.45) is 6.02. The molecule has 1 unspecified atom stereocenters. The first-order valence-corrected chi connectivity index (χ1v) is 7.80. The van der Waals surface area contributed by atoms with Crippen LogP contribution in [0.4, 0.5) is 0 Å². The number of amides is 1. The monoisotopic (exact) mass is 265 g/mol. The van der Waals surface area contributed by atoms with E-state index in [0.717, 1.165) is 37.4 Å². The van der Waals surface area contributed by atoms with E-state index in [-0.39, 0.29) is 0 Å². The number of furan rings is 1. The maximum atomic E-state index is 12.1. The minimum atomic E-state index is 0.359. The van der Waals surface area contributed by atoms with Crippen LogP contribution in [-0.4, -0.2) is 29.6 Å². The van der Waals surface area contributed by atoms with E-state index in [1.807, 2.05) is 28.8 Å². The van der Waals surface area contributed by atoms with Gasteiger partial charge < -0.3 is 9.32 Å². The fourth-order valence-corrected chi connectivity index (χ4v) is 3.60. The van der Waals surface area contributed by atoms with Crippen molar-refractivity contribution in [3.8, 4) is 0 Å². The number of nitrogens with zero attached hydrogens (tertiary/aromatic N) is 1. The second-order valence-electron chi connectivity index (χ2n) is 5.19. The van der Waals surface area contributed by atoms with Crippen LogP contribution in [0.25, 0.3) is 0 Å². The van der Waals surface area contributed by atoms with Gasteiger partial charge in [-0.1, -0.05) is 0 Å². The van der Waals surface area contributed by atoms with Crippen molar-refractivity contribution in [2.24, 2.45) is 5.92 Å². The first-order valence-electron chi connectivity index (χ1n) is 6.75. The standard InChI is InChI=1S/C14H19NO2S/c16-14(10-11-3-4-11)15-6-5-13(18-9-7-15)12-2-1-8-17-12/h1-2,8,11,13H,3-7,9-10H2. The van der Waals surface area contributed by atoms with Gasteiger partial charge >= 0.3 is 0 Å². The van der Waals surface area contributed by atoms with Crippen LogP contribution >= 0.6 is 11.8 Å². The third kappa shape index (κ3) is 2.91. The molecule has 0 aromatic carbocycles. The number of rotatable bonds is 3. The van der Waals surface area contributed by atoms with Gasteiger partial charge in [-0.3, -0.25) is 4.79 Å². The fourth-order valence-electron chi connectivity index (χ4n) is 2.42. The molecule has 2 heterocycles. The second-order valence-corrected chi connectivity index (χ2v) is 6.50. The van der Waals surface area contributed by atoms with Crippen LogP contribution in [0.15, 0.2) is 22.8 Å². The summed E-state index contributed by atoms with van der Waals surface area (Å²) >= 11 is 1.91. The summed E-state index contributed by atoms with van der Waals surface area (Å²) in [6.45, 7) is 1.78. The topological polar surface area (TPSA) is 33.5 Å². The molecule has 1 saturated heterocycles. The quantitative estimate of drug-likeness (QED) is 0.842. The maximum absolute atomic E-state index is 12.1. The summed E-state index contributed by atoms with van der Waals surface area (Å²) in [7, 11) is 0. The van der Waals surface area contributed by atoms with E-state index >= 15 is 0 Å². The number of thioether (sulfide) groups is 1. The molecule has 0 radical (unpaired) electrons. The van der Waals surface area contributed by atoms with Crippen molar-refractivity contribution in [1.29, 1.82) is 0 Å². The molecule has 1 aromatic rings. The lowest BCUT2D eigenvalue weighted by Crippen LogP contribution is -2.33. The molecular formula is C14H19NO2S. The summed E-state index contributed by atoms with van der Waals surface area (Å²) in [4.78, 5) is 14.1. The van der Waals surface area contributed by atoms with Crippen molar-refractivity contribution in [3.63, 3.8) is 0 Å². The average molecular weight is 265 g/mol. The molecule has 1 aromatic heterocycles. The Morgan fingerprint density at radius 2 is 2.28 bits per heavy atom. The van der Waals surface area contributed by atoms with E-state index < -0.39 is 0 Å². The zero-order valence-corrected chi connectivity index (χ0v) is 11.3. The first kappa shape index (κ1) is 12.2. The van der Waals surface area contributed by atoms with Gasteiger partial charge in [0.05, 0.1) is 11.5 Å². The SMILES string of the molecule is O=C(CC1CC1)N1CCSC(c2ccco2)CC1. The van der Waals surface area contributed by atoms with Crippen LogP contribution in [0.5, 0.6) is 0 Å². The Balaban J connectivity index is 1.55. The molecule has 1 saturated carbocycles. The van der Waals surface area contributed by atoms with Gasteiger partial charge in [0, 0.05) is 25.3 Å². The molecule has 18 heavy (non-hydrogen) atoms. The van der Waals surface area contributed by atoms with E-state index in [2.05, 4.69) is 0 Å². The van der Waals surface area contributed by atoms with Gasteiger partial charge in [0.1, 0.15) is 5.76 Å². The largest absolute Gasteiger partial charge is 0.468 e. The molecule has 1 aliphatic carbocycles. The van der Waals surface area contributed by atoms with Crippen LogP contribution in [0, 0.1) is 5.92 Å². The van der Waals surface area contributed by atoms with Crippen LogP contribution < -0.4 is 0 Å². The summed E-state index contributed by atoms with van der Waals surface area (Å²) < 4.78 is 5.47. The Labute approximate surface area is 112 Å². The van der Waals surface area contributed by atoms with Crippen LogP contribution in [0.3, 0.4) is 0 Å². The summed E-state index contributed by atoms with van der Waals surface area (Å²) in [5.41, 5.74) is 0. The third-order valence-corrected chi connectivity index (χ3v) is 5.00. The van der Waals surface area contributed by atoms with E-state index in [9.17, 15) is 4.79 Å². The first-order chi connectivity index (χ1) is 8.83. The predicted molar refractivity (Wildman–Crippen MR) is 72.4 cm³/mol. The Morgan fingerprint density at radius 3 is 3.00 bits per heavy atom. The van der Waals surface area contributed by atoms with E-state index in [1.54, 1.807) is 6.26 Å². The highest BCUT2D eigenvalue weighted by molar-refractivity contribution is 7.99. The van der Waals surface area contributed by atoms with Crippen molar-refractivity contribution in [1.82, 2.24) is 4.90 Å². The zero-order chi connectivity index (χ0) is 12.4. The molecule has 2 fully saturated rings. The van der Waals surface area contributed by atoms with Gasteiger partial charge in [-0.05, 0) is 37.3 Å². The maximum Gasteiger partial charge on any atom is 0.222 e. The minimum Gasteiger partial charge on any atom is -0.468 e. The molecule has 98 valence electrons. The number of hydrogen-bond donors (Lipinski definition) is 0. The predicted octanol–water partition coefficient (Wildman–Crippen LogP) is 3.09. The van der Waals surface area contributed by atoms with Gasteiger partial charge in [-0.25, -0.2) is 0 Å². The van der Waals surface area contributed by atoms with E-state index in [1.165, 1.54) is 12.8 Å². The normalized spacial score (nSPS) is 24.9. The summed E-state index contributed by atoms with van der Waals surface area (Å²) in [6, 6.07) is 3.98. The van der Waals surface area contributed by atoms with Crippen LogP contribution in [0.1, 0.15) is 36.7 Å². The molecule has 3 nitrogen and oxygen atoms in total. The highest BCUT2D eigenvalue weighted by Gasteiger charge is 2.28. The van der Waals surface area contributed by atoms with Crippen molar-refractivity contribution >= 4 is 17.7 Å². The molecule has 4 heteroatoms. The Hall–Kier alpha value is -0.900. The Bertz CT molecular complexity index is 400. The van der Waals surface area contributed by atoms with Crippen molar-refractivity contribution in [2.45, 2.75) is 30.9 Å². The second kappa shape index (κ2) is 5.39. The number of carbonyl (C=O) groups excluding carboxylic acids is 1. The lowest BCUT2D eigenvalue weighted by molar-refractivity contribution is -0.131. The lowest BCUT2D eigenvalue weighted by atomic mass is 10.2. The molecule has 0 bridgehead atoms. The molecule has 2 aliphatic rings. The molecule has 1 atom stereocenters. The fraction of sp³-hybridized carbons (Fsp3) is 0.643. The van der Waals surface area contributed by atoms with Crippen molar-refractivity contribution in [3.05, 3.63) is 24.2 Å². The molecular weight excluding hydrogens is 246 g/mol. The van der Waals surface area contributed by atoms with Crippen molar-refractivity contribution < 1.29 is 9.21 Å². The summed E-state index contributed by atoms with van der Waals surface area (Å²) in [5.74, 6) is 3.12. The number of carbonyl (C=O) groups is 1. The number of hydrogen-bond acceptors (Lipinski definition) is 3. The van der Waals surface area contributed by atoms with Gasteiger partial charge in [-0.2, -0.15) is 0 Å². The van der Waals surface area contributed by atoms with Crippen LogP contribution in [-0.2, 0) is 4.79 Å². The third-order valence-electron chi connectivity index (χ3n) is 3.71.